The molecule has 32 heavy (non-hydrogen) atoms. The number of hydrogen-bond acceptors (Lipinski definition) is 5. The van der Waals surface area contributed by atoms with E-state index in [0.29, 0.717) is 0 Å². The number of ether oxygens (including phenoxy) is 1. The predicted octanol–water partition coefficient (Wildman–Crippen LogP) is 4.97. The van der Waals surface area contributed by atoms with E-state index in [-0.39, 0.29) is 37.4 Å². The fraction of sp³-hybridized carbons (Fsp3) is 0.0476. The number of hydrogen-bond donors (Lipinski definition) is 2. The molecular formula is C21H15Cl2FN2O5S. The zero-order valence-corrected chi connectivity index (χ0v) is 18.7. The largest absolute Gasteiger partial charge is 0.465 e. The Bertz CT molecular complexity index is 1320. The first-order valence-corrected chi connectivity index (χ1v) is 11.1. The van der Waals surface area contributed by atoms with Crippen LogP contribution in [0, 0.1) is 5.82 Å². The number of sulfonamides is 1. The Morgan fingerprint density at radius 2 is 1.69 bits per heavy atom. The third-order valence-corrected chi connectivity index (χ3v) is 6.33. The summed E-state index contributed by atoms with van der Waals surface area (Å²) in [6.45, 7) is 0. The first-order valence-electron chi connectivity index (χ1n) is 8.88. The number of carbonyl (C=O) groups is 2. The Morgan fingerprint density at radius 3 is 2.38 bits per heavy atom. The molecule has 0 bridgehead atoms. The maximum absolute atomic E-state index is 14.1. The second kappa shape index (κ2) is 9.56. The van der Waals surface area contributed by atoms with Crippen molar-refractivity contribution in [2.75, 3.05) is 17.1 Å². The van der Waals surface area contributed by atoms with Crippen molar-refractivity contribution in [1.82, 2.24) is 0 Å². The maximum atomic E-state index is 14.1. The Hall–Kier alpha value is -3.14. The summed E-state index contributed by atoms with van der Waals surface area (Å²) < 4.78 is 46.2. The van der Waals surface area contributed by atoms with Crippen molar-refractivity contribution in [3.63, 3.8) is 0 Å². The van der Waals surface area contributed by atoms with Gasteiger partial charge in [-0.3, -0.25) is 9.52 Å². The smallest absolute Gasteiger partial charge is 0.337 e. The minimum absolute atomic E-state index is 0.0437. The van der Waals surface area contributed by atoms with E-state index >= 15 is 0 Å². The van der Waals surface area contributed by atoms with Crippen LogP contribution in [0.5, 0.6) is 0 Å². The lowest BCUT2D eigenvalue weighted by Gasteiger charge is -2.11. The van der Waals surface area contributed by atoms with Crippen LogP contribution >= 0.6 is 23.2 Å². The lowest BCUT2D eigenvalue weighted by atomic mass is 10.1. The summed E-state index contributed by atoms with van der Waals surface area (Å²) in [5.41, 5.74) is -0.0539. The number of halogens is 3. The summed E-state index contributed by atoms with van der Waals surface area (Å²) >= 11 is 11.7. The number of rotatable bonds is 6. The van der Waals surface area contributed by atoms with Gasteiger partial charge in [-0.1, -0.05) is 29.3 Å². The topological polar surface area (TPSA) is 102 Å². The quantitative estimate of drug-likeness (QED) is 0.469. The molecule has 0 saturated carbocycles. The fourth-order valence-corrected chi connectivity index (χ4v) is 4.08. The van der Waals surface area contributed by atoms with Gasteiger partial charge in [0, 0.05) is 11.3 Å². The van der Waals surface area contributed by atoms with Gasteiger partial charge in [-0.05, 0) is 54.6 Å². The molecule has 0 aromatic heterocycles. The van der Waals surface area contributed by atoms with Gasteiger partial charge in [0.1, 0.15) is 5.82 Å². The van der Waals surface area contributed by atoms with Crippen molar-refractivity contribution < 1.29 is 27.1 Å². The van der Waals surface area contributed by atoms with E-state index in [1.54, 1.807) is 0 Å². The van der Waals surface area contributed by atoms with Crippen molar-refractivity contribution in [3.05, 3.63) is 87.7 Å². The molecule has 3 aromatic carbocycles. The lowest BCUT2D eigenvalue weighted by molar-refractivity contribution is 0.0600. The number of amides is 1. The minimum Gasteiger partial charge on any atom is -0.465 e. The first-order chi connectivity index (χ1) is 15.1. The molecule has 11 heteroatoms. The zero-order chi connectivity index (χ0) is 23.5. The van der Waals surface area contributed by atoms with E-state index in [4.69, 9.17) is 23.2 Å². The summed E-state index contributed by atoms with van der Waals surface area (Å²) in [7, 11) is -2.84. The van der Waals surface area contributed by atoms with Crippen LogP contribution in [0.3, 0.4) is 0 Å². The molecule has 0 unspecified atom stereocenters. The second-order valence-electron chi connectivity index (χ2n) is 6.40. The molecule has 7 nitrogen and oxygen atoms in total. The van der Waals surface area contributed by atoms with E-state index in [1.807, 2.05) is 0 Å². The van der Waals surface area contributed by atoms with Gasteiger partial charge in [0.2, 0.25) is 0 Å². The number of carbonyl (C=O) groups excluding carboxylic acids is 2. The van der Waals surface area contributed by atoms with Gasteiger partial charge in [-0.25, -0.2) is 17.6 Å². The van der Waals surface area contributed by atoms with E-state index in [2.05, 4.69) is 14.8 Å². The summed E-state index contributed by atoms with van der Waals surface area (Å²) in [5, 5.41) is 2.62. The van der Waals surface area contributed by atoms with Gasteiger partial charge in [-0.15, -0.1) is 0 Å². The summed E-state index contributed by atoms with van der Waals surface area (Å²) in [6.07, 6.45) is 0. The average Bonchev–Trinajstić information content (AvgIpc) is 2.76. The van der Waals surface area contributed by atoms with Crippen molar-refractivity contribution in [2.24, 2.45) is 0 Å². The van der Waals surface area contributed by atoms with E-state index in [0.717, 1.165) is 12.1 Å². The van der Waals surface area contributed by atoms with Gasteiger partial charge in [0.05, 0.1) is 33.3 Å². The highest BCUT2D eigenvalue weighted by Gasteiger charge is 2.18. The number of benzene rings is 3. The lowest BCUT2D eigenvalue weighted by Crippen LogP contribution is -2.16. The Kier molecular flexibility index (Phi) is 7.02. The average molecular weight is 497 g/mol. The van der Waals surface area contributed by atoms with E-state index in [1.165, 1.54) is 55.6 Å². The van der Waals surface area contributed by atoms with Gasteiger partial charge in [0.15, 0.2) is 0 Å². The first kappa shape index (κ1) is 23.5. The van der Waals surface area contributed by atoms with E-state index < -0.39 is 27.7 Å². The molecule has 0 aliphatic heterocycles. The van der Waals surface area contributed by atoms with Crippen molar-refractivity contribution in [3.8, 4) is 0 Å². The van der Waals surface area contributed by atoms with Gasteiger partial charge in [-0.2, -0.15) is 0 Å². The van der Waals surface area contributed by atoms with Crippen LogP contribution in [0.2, 0.25) is 10.0 Å². The van der Waals surface area contributed by atoms with Gasteiger partial charge >= 0.3 is 5.97 Å². The summed E-state index contributed by atoms with van der Waals surface area (Å²) in [5.74, 6) is -2.18. The number of nitrogens with one attached hydrogen (secondary N) is 2. The molecule has 2 N–H and O–H groups in total. The maximum Gasteiger partial charge on any atom is 0.337 e. The molecule has 0 atom stereocenters. The molecule has 0 aliphatic carbocycles. The summed E-state index contributed by atoms with van der Waals surface area (Å²) in [4.78, 5) is 24.1. The molecular weight excluding hydrogens is 482 g/mol. The highest BCUT2D eigenvalue weighted by Crippen LogP contribution is 2.26. The Morgan fingerprint density at radius 1 is 0.938 bits per heavy atom. The Labute approximate surface area is 193 Å². The molecule has 0 saturated heterocycles. The van der Waals surface area contributed by atoms with Crippen LogP contribution in [-0.4, -0.2) is 27.4 Å². The minimum atomic E-state index is -4.01. The van der Waals surface area contributed by atoms with Crippen molar-refractivity contribution in [2.45, 2.75) is 4.90 Å². The van der Waals surface area contributed by atoms with Crippen LogP contribution < -0.4 is 10.0 Å². The Balaban J connectivity index is 1.82. The molecule has 3 aromatic rings. The van der Waals surface area contributed by atoms with Crippen LogP contribution in [-0.2, 0) is 14.8 Å². The molecule has 0 fully saturated rings. The van der Waals surface area contributed by atoms with Crippen molar-refractivity contribution in [1.29, 1.82) is 0 Å². The molecule has 3 rings (SSSR count). The number of esters is 1. The second-order valence-corrected chi connectivity index (χ2v) is 8.90. The normalized spacial score (nSPS) is 11.0. The number of methoxy groups -OCH3 is 1. The summed E-state index contributed by atoms with van der Waals surface area (Å²) in [6, 6.07) is 12.8. The molecule has 0 radical (unpaired) electrons. The van der Waals surface area contributed by atoms with Crippen LogP contribution in [0.4, 0.5) is 15.8 Å². The van der Waals surface area contributed by atoms with Crippen LogP contribution in [0.25, 0.3) is 0 Å². The predicted molar refractivity (Wildman–Crippen MR) is 119 cm³/mol. The van der Waals surface area contributed by atoms with Gasteiger partial charge < -0.3 is 10.1 Å². The van der Waals surface area contributed by atoms with Crippen LogP contribution in [0.15, 0.2) is 65.6 Å². The zero-order valence-electron chi connectivity index (χ0n) is 16.4. The molecule has 1 amide bonds. The fourth-order valence-electron chi connectivity index (χ4n) is 2.64. The molecule has 166 valence electrons. The third-order valence-electron chi connectivity index (χ3n) is 4.21. The highest BCUT2D eigenvalue weighted by atomic mass is 35.5. The highest BCUT2D eigenvalue weighted by molar-refractivity contribution is 7.92. The monoisotopic (exact) mass is 496 g/mol. The molecule has 0 aliphatic rings. The van der Waals surface area contributed by atoms with E-state index in [9.17, 15) is 22.4 Å². The molecule has 0 spiro atoms. The molecule has 0 heterocycles. The number of anilines is 2. The SMILES string of the molecule is COC(=O)c1ccc(F)c(NC(=O)c2cccc(NS(=O)(=O)c3ccc(Cl)c(Cl)c3)c2)c1. The van der Waals surface area contributed by atoms with Crippen LogP contribution in [0.1, 0.15) is 20.7 Å². The standard InChI is InChI=1S/C21H15Cl2FN2O5S/c1-31-21(28)13-5-8-18(24)19(10-13)25-20(27)12-3-2-4-14(9-12)26-32(29,30)15-6-7-16(22)17(23)11-15/h2-11,26H,1H3,(H,25,27). The van der Waals surface area contributed by atoms with Crippen molar-refractivity contribution >= 4 is 56.5 Å². The van der Waals surface area contributed by atoms with Gasteiger partial charge in [0.25, 0.3) is 15.9 Å². The third kappa shape index (κ3) is 5.37.